The van der Waals surface area contributed by atoms with Gasteiger partial charge in [0.25, 0.3) is 10.0 Å². The fraction of sp³-hybridized carbons (Fsp3) is 0.500. The van der Waals surface area contributed by atoms with Crippen molar-refractivity contribution in [2.75, 3.05) is 5.32 Å². The molecular weight excluding hydrogens is 316 g/mol. The van der Waals surface area contributed by atoms with Crippen LogP contribution in [0.25, 0.3) is 0 Å². The first-order chi connectivity index (χ1) is 10.8. The monoisotopic (exact) mass is 336 g/mol. The van der Waals surface area contributed by atoms with Gasteiger partial charge in [0.2, 0.25) is 11.8 Å². The number of hydrogen-bond donors (Lipinski definition) is 2. The molecule has 2 saturated carbocycles. The lowest BCUT2D eigenvalue weighted by Crippen LogP contribution is -2.28. The smallest absolute Gasteiger partial charge is 0.264 e. The van der Waals surface area contributed by atoms with Gasteiger partial charge in [-0.05, 0) is 55.4 Å². The maximum absolute atomic E-state index is 12.3. The summed E-state index contributed by atoms with van der Waals surface area (Å²) in [6.07, 6.45) is 4.50. The minimum atomic E-state index is -3.84. The van der Waals surface area contributed by atoms with E-state index in [1.54, 1.807) is 12.1 Å². The quantitative estimate of drug-likeness (QED) is 0.878. The van der Waals surface area contributed by atoms with Crippen LogP contribution in [0.3, 0.4) is 0 Å². The number of benzene rings is 1. The third kappa shape index (κ3) is 3.39. The molecule has 2 N–H and O–H groups in total. The third-order valence-electron chi connectivity index (χ3n) is 4.79. The molecule has 0 heterocycles. The summed E-state index contributed by atoms with van der Waals surface area (Å²) in [5, 5.41) is 2.87. The Hall–Kier alpha value is -1.89. The zero-order valence-electron chi connectivity index (χ0n) is 12.9. The van der Waals surface area contributed by atoms with Gasteiger partial charge in [-0.15, -0.1) is 0 Å². The average molecular weight is 336 g/mol. The van der Waals surface area contributed by atoms with Gasteiger partial charge in [0.05, 0.1) is 4.90 Å². The number of carbonyl (C=O) groups excluding carboxylic acids is 2. The van der Waals surface area contributed by atoms with Crippen molar-refractivity contribution in [3.05, 3.63) is 24.3 Å². The van der Waals surface area contributed by atoms with E-state index in [9.17, 15) is 18.0 Å². The highest BCUT2D eigenvalue weighted by atomic mass is 32.2. The Kier molecular flexibility index (Phi) is 4.14. The first kappa shape index (κ1) is 16.0. The van der Waals surface area contributed by atoms with Crippen LogP contribution in [-0.2, 0) is 19.6 Å². The predicted octanol–water partition coefficient (Wildman–Crippen LogP) is 1.89. The minimum Gasteiger partial charge on any atom is -0.326 e. The van der Waals surface area contributed by atoms with Gasteiger partial charge in [0.15, 0.2) is 0 Å². The number of anilines is 1. The summed E-state index contributed by atoms with van der Waals surface area (Å²) in [5.74, 6) is 0.658. The number of nitrogens with one attached hydrogen (secondary N) is 2. The second kappa shape index (κ2) is 5.96. The highest BCUT2D eigenvalue weighted by Crippen LogP contribution is 2.48. The molecule has 6 nitrogen and oxygen atoms in total. The van der Waals surface area contributed by atoms with Crippen molar-refractivity contribution in [3.63, 3.8) is 0 Å². The largest absolute Gasteiger partial charge is 0.326 e. The molecule has 2 aliphatic carbocycles. The Morgan fingerprint density at radius 2 is 1.78 bits per heavy atom. The van der Waals surface area contributed by atoms with Crippen LogP contribution in [0.5, 0.6) is 0 Å². The van der Waals surface area contributed by atoms with E-state index in [4.69, 9.17) is 0 Å². The molecule has 0 aliphatic heterocycles. The molecule has 0 spiro atoms. The normalized spacial score (nSPS) is 26.0. The van der Waals surface area contributed by atoms with Gasteiger partial charge in [-0.2, -0.15) is 0 Å². The lowest BCUT2D eigenvalue weighted by atomic mass is 9.88. The van der Waals surface area contributed by atoms with E-state index in [1.165, 1.54) is 18.6 Å². The fourth-order valence-corrected chi connectivity index (χ4v) is 4.76. The number of rotatable bonds is 4. The van der Waals surface area contributed by atoms with E-state index >= 15 is 0 Å². The predicted molar refractivity (Wildman–Crippen MR) is 85.0 cm³/mol. The Morgan fingerprint density at radius 3 is 2.30 bits per heavy atom. The van der Waals surface area contributed by atoms with Gasteiger partial charge in [0.1, 0.15) is 0 Å². The lowest BCUT2D eigenvalue weighted by molar-refractivity contribution is -0.121. The third-order valence-corrected chi connectivity index (χ3v) is 6.23. The van der Waals surface area contributed by atoms with E-state index in [2.05, 4.69) is 5.32 Å². The van der Waals surface area contributed by atoms with E-state index in [0.29, 0.717) is 17.5 Å². The highest BCUT2D eigenvalue weighted by Gasteiger charge is 2.42. The van der Waals surface area contributed by atoms with Crippen molar-refractivity contribution in [1.82, 2.24) is 4.72 Å². The molecule has 3 rings (SSSR count). The van der Waals surface area contributed by atoms with Crippen molar-refractivity contribution in [3.8, 4) is 0 Å². The molecule has 1 aromatic rings. The maximum atomic E-state index is 12.3. The Labute approximate surface area is 135 Å². The van der Waals surface area contributed by atoms with Crippen molar-refractivity contribution in [2.24, 2.45) is 17.8 Å². The number of amides is 2. The van der Waals surface area contributed by atoms with Crippen LogP contribution < -0.4 is 10.0 Å². The minimum absolute atomic E-state index is 0.00868. The summed E-state index contributed by atoms with van der Waals surface area (Å²) in [6, 6.07) is 5.84. The summed E-state index contributed by atoms with van der Waals surface area (Å²) in [5.41, 5.74) is 0.569. The highest BCUT2D eigenvalue weighted by molar-refractivity contribution is 7.90. The maximum Gasteiger partial charge on any atom is 0.264 e. The number of sulfonamides is 1. The van der Waals surface area contributed by atoms with Crippen molar-refractivity contribution in [2.45, 2.75) is 37.5 Å². The van der Waals surface area contributed by atoms with Crippen LogP contribution in [0.15, 0.2) is 29.2 Å². The molecule has 3 unspecified atom stereocenters. The van der Waals surface area contributed by atoms with E-state index in [0.717, 1.165) is 26.2 Å². The molecule has 124 valence electrons. The first-order valence-corrected chi connectivity index (χ1v) is 9.28. The molecule has 1 aromatic carbocycles. The molecule has 0 aromatic heterocycles. The molecule has 0 radical (unpaired) electrons. The van der Waals surface area contributed by atoms with Gasteiger partial charge in [-0.1, -0.05) is 6.42 Å². The fourth-order valence-electron chi connectivity index (χ4n) is 3.77. The molecule has 2 fully saturated rings. The van der Waals surface area contributed by atoms with Gasteiger partial charge < -0.3 is 5.32 Å². The van der Waals surface area contributed by atoms with Crippen LogP contribution in [0.1, 0.15) is 32.6 Å². The summed E-state index contributed by atoms with van der Waals surface area (Å²) in [7, 11) is -3.84. The zero-order chi connectivity index (χ0) is 16.6. The summed E-state index contributed by atoms with van der Waals surface area (Å²) in [4.78, 5) is 23.2. The molecule has 7 heteroatoms. The van der Waals surface area contributed by atoms with Crippen LogP contribution in [0.4, 0.5) is 5.69 Å². The first-order valence-electron chi connectivity index (χ1n) is 7.79. The number of hydrogen-bond acceptors (Lipinski definition) is 4. The molecule has 2 bridgehead atoms. The standard InChI is InChI=1S/C16H20N2O4S/c1-10(19)18-23(21,22)14-6-4-13(5-7-14)17-16(20)15-9-11-2-3-12(15)8-11/h4-7,11-12,15H,2-3,8-9H2,1H3,(H,17,20)(H,18,19). The van der Waals surface area contributed by atoms with E-state index in [-0.39, 0.29) is 16.7 Å². The SMILES string of the molecule is CC(=O)NS(=O)(=O)c1ccc(NC(=O)C2CC3CCC2C3)cc1. The molecule has 3 atom stereocenters. The van der Waals surface area contributed by atoms with Crippen LogP contribution in [-0.4, -0.2) is 20.2 Å². The molecular formula is C16H20N2O4S. The van der Waals surface area contributed by atoms with Crippen molar-refractivity contribution >= 4 is 27.5 Å². The van der Waals surface area contributed by atoms with Gasteiger partial charge >= 0.3 is 0 Å². The van der Waals surface area contributed by atoms with Gasteiger partial charge in [0, 0.05) is 18.5 Å². The topological polar surface area (TPSA) is 92.3 Å². The second-order valence-corrected chi connectivity index (χ2v) is 8.14. The zero-order valence-corrected chi connectivity index (χ0v) is 13.7. The Balaban J connectivity index is 1.66. The lowest BCUT2D eigenvalue weighted by Gasteiger charge is -2.20. The number of fused-ring (bicyclic) bond motifs is 2. The van der Waals surface area contributed by atoms with Gasteiger partial charge in [-0.3, -0.25) is 9.59 Å². The van der Waals surface area contributed by atoms with Gasteiger partial charge in [-0.25, -0.2) is 13.1 Å². The van der Waals surface area contributed by atoms with Crippen LogP contribution >= 0.6 is 0 Å². The van der Waals surface area contributed by atoms with Crippen LogP contribution in [0, 0.1) is 17.8 Å². The molecule has 2 amide bonds. The molecule has 2 aliphatic rings. The van der Waals surface area contributed by atoms with E-state index in [1.807, 2.05) is 4.72 Å². The average Bonchev–Trinajstić information content (AvgIpc) is 3.09. The Bertz CT molecular complexity index is 727. The van der Waals surface area contributed by atoms with Crippen LogP contribution in [0.2, 0.25) is 0 Å². The number of carbonyl (C=O) groups is 2. The van der Waals surface area contributed by atoms with Crippen molar-refractivity contribution < 1.29 is 18.0 Å². The summed E-state index contributed by atoms with van der Waals surface area (Å²) in [6.45, 7) is 1.14. The van der Waals surface area contributed by atoms with E-state index < -0.39 is 15.9 Å². The Morgan fingerprint density at radius 1 is 1.09 bits per heavy atom. The second-order valence-electron chi connectivity index (χ2n) is 6.46. The molecule has 23 heavy (non-hydrogen) atoms. The summed E-state index contributed by atoms with van der Waals surface area (Å²) >= 11 is 0. The van der Waals surface area contributed by atoms with Crippen molar-refractivity contribution in [1.29, 1.82) is 0 Å². The molecule has 0 saturated heterocycles. The summed E-state index contributed by atoms with van der Waals surface area (Å²) < 4.78 is 25.6.